The number of fused-ring (bicyclic) bond motifs is 1. The zero-order valence-corrected chi connectivity index (χ0v) is 13.7. The molecule has 0 aromatic heterocycles. The van der Waals surface area contributed by atoms with E-state index in [1.807, 2.05) is 18.2 Å². The number of rotatable bonds is 4. The molecular weight excluding hydrogens is 280 g/mol. The van der Waals surface area contributed by atoms with Crippen LogP contribution in [0.25, 0.3) is 5.57 Å². The molecule has 0 bridgehead atoms. The van der Waals surface area contributed by atoms with Crippen molar-refractivity contribution in [2.75, 3.05) is 20.8 Å². The lowest BCUT2D eigenvalue weighted by atomic mass is 9.90. The van der Waals surface area contributed by atoms with Crippen LogP contribution in [0.1, 0.15) is 26.3 Å². The van der Waals surface area contributed by atoms with E-state index in [1.165, 1.54) is 6.92 Å². The first-order valence-electron chi connectivity index (χ1n) is 7.17. The quantitative estimate of drug-likeness (QED) is 0.796. The topological polar surface area (TPSA) is 44.8 Å². The van der Waals surface area contributed by atoms with Gasteiger partial charge in [-0.3, -0.25) is 4.79 Å². The largest absolute Gasteiger partial charge is 0.493 e. The van der Waals surface area contributed by atoms with Gasteiger partial charge in [0.25, 0.3) is 0 Å². The summed E-state index contributed by atoms with van der Waals surface area (Å²) in [6, 6.07) is 3.71. The van der Waals surface area contributed by atoms with Crippen molar-refractivity contribution >= 4 is 11.4 Å². The van der Waals surface area contributed by atoms with Crippen LogP contribution in [0.3, 0.4) is 0 Å². The van der Waals surface area contributed by atoms with Crippen molar-refractivity contribution in [1.82, 2.24) is 0 Å². The van der Waals surface area contributed by atoms with E-state index in [-0.39, 0.29) is 11.2 Å². The van der Waals surface area contributed by atoms with Crippen LogP contribution >= 0.6 is 0 Å². The standard InChI is InChI=1S/C18H22O4/c1-12(19)6-7-13-10-18(2,3)11-22-15-9-17(21-5)16(20-4)8-14(13)15/h6-10H,11H2,1-5H3. The maximum absolute atomic E-state index is 11.3. The second-order valence-electron chi connectivity index (χ2n) is 6.02. The summed E-state index contributed by atoms with van der Waals surface area (Å²) in [5.41, 5.74) is 1.69. The molecule has 0 aliphatic carbocycles. The van der Waals surface area contributed by atoms with Gasteiger partial charge in [0.2, 0.25) is 0 Å². The average Bonchev–Trinajstić information content (AvgIpc) is 2.60. The van der Waals surface area contributed by atoms with E-state index < -0.39 is 0 Å². The zero-order valence-electron chi connectivity index (χ0n) is 13.7. The number of hydrogen-bond donors (Lipinski definition) is 0. The van der Waals surface area contributed by atoms with Crippen molar-refractivity contribution in [2.45, 2.75) is 20.8 Å². The summed E-state index contributed by atoms with van der Waals surface area (Å²) < 4.78 is 16.6. The molecule has 4 heteroatoms. The van der Waals surface area contributed by atoms with Crippen molar-refractivity contribution in [3.05, 3.63) is 35.9 Å². The molecule has 1 aliphatic rings. The molecule has 0 amide bonds. The molecule has 1 aliphatic heterocycles. The van der Waals surface area contributed by atoms with E-state index in [0.717, 1.165) is 16.9 Å². The van der Waals surface area contributed by atoms with Crippen LogP contribution < -0.4 is 14.2 Å². The Labute approximate surface area is 131 Å². The van der Waals surface area contributed by atoms with Crippen molar-refractivity contribution in [2.24, 2.45) is 5.41 Å². The minimum atomic E-state index is -0.143. The molecule has 0 unspecified atom stereocenters. The highest BCUT2D eigenvalue weighted by atomic mass is 16.5. The Morgan fingerprint density at radius 1 is 1.23 bits per heavy atom. The van der Waals surface area contributed by atoms with E-state index in [1.54, 1.807) is 20.3 Å². The summed E-state index contributed by atoms with van der Waals surface area (Å²) >= 11 is 0. The summed E-state index contributed by atoms with van der Waals surface area (Å²) in [4.78, 5) is 11.3. The highest BCUT2D eigenvalue weighted by Crippen LogP contribution is 2.42. The molecule has 0 radical (unpaired) electrons. The molecule has 4 nitrogen and oxygen atoms in total. The molecule has 0 spiro atoms. The molecule has 0 fully saturated rings. The minimum Gasteiger partial charge on any atom is -0.493 e. The monoisotopic (exact) mass is 302 g/mol. The first-order chi connectivity index (χ1) is 10.4. The van der Waals surface area contributed by atoms with Crippen molar-refractivity contribution in [1.29, 1.82) is 0 Å². The molecule has 0 N–H and O–H groups in total. The number of carbonyl (C=O) groups is 1. The third-order valence-corrected chi connectivity index (χ3v) is 3.44. The lowest BCUT2D eigenvalue weighted by Gasteiger charge is -2.18. The SMILES string of the molecule is COc1cc2c(cc1OC)C(C=CC(C)=O)=CC(C)(C)CO2. The van der Waals surface area contributed by atoms with Crippen LogP contribution in [-0.4, -0.2) is 26.6 Å². The van der Waals surface area contributed by atoms with Gasteiger partial charge in [-0.1, -0.05) is 26.0 Å². The zero-order chi connectivity index (χ0) is 16.3. The fourth-order valence-electron chi connectivity index (χ4n) is 2.35. The molecular formula is C18H22O4. The summed E-state index contributed by atoms with van der Waals surface area (Å²) in [5, 5.41) is 0. The summed E-state index contributed by atoms with van der Waals surface area (Å²) in [6.07, 6.45) is 5.50. The van der Waals surface area contributed by atoms with E-state index in [9.17, 15) is 4.79 Å². The van der Waals surface area contributed by atoms with E-state index in [4.69, 9.17) is 14.2 Å². The number of carbonyl (C=O) groups excluding carboxylic acids is 1. The molecule has 2 rings (SSSR count). The highest BCUT2D eigenvalue weighted by molar-refractivity contribution is 5.92. The first-order valence-corrected chi connectivity index (χ1v) is 7.17. The first kappa shape index (κ1) is 16.1. The summed E-state index contributed by atoms with van der Waals surface area (Å²) in [7, 11) is 3.19. The lowest BCUT2D eigenvalue weighted by Crippen LogP contribution is -2.17. The van der Waals surface area contributed by atoms with E-state index in [0.29, 0.717) is 18.1 Å². The Hall–Kier alpha value is -2.23. The Kier molecular flexibility index (Phi) is 4.59. The van der Waals surface area contributed by atoms with Crippen LogP contribution in [-0.2, 0) is 4.79 Å². The van der Waals surface area contributed by atoms with Crippen molar-refractivity contribution < 1.29 is 19.0 Å². The maximum atomic E-state index is 11.3. The van der Waals surface area contributed by atoms with Crippen molar-refractivity contribution in [3.63, 3.8) is 0 Å². The fraction of sp³-hybridized carbons (Fsp3) is 0.389. The van der Waals surface area contributed by atoms with Gasteiger partial charge in [-0.25, -0.2) is 0 Å². The van der Waals surface area contributed by atoms with Crippen LogP contribution in [0.5, 0.6) is 17.2 Å². The van der Waals surface area contributed by atoms with Gasteiger partial charge >= 0.3 is 0 Å². The molecule has 1 aromatic rings. The average molecular weight is 302 g/mol. The Morgan fingerprint density at radius 2 is 1.86 bits per heavy atom. The van der Waals surface area contributed by atoms with Crippen molar-refractivity contribution in [3.8, 4) is 17.2 Å². The number of ether oxygens (including phenoxy) is 3. The third kappa shape index (κ3) is 3.50. The van der Waals surface area contributed by atoms with Crippen LogP contribution in [0.2, 0.25) is 0 Å². The van der Waals surface area contributed by atoms with Crippen LogP contribution in [0.4, 0.5) is 0 Å². The number of benzene rings is 1. The summed E-state index contributed by atoms with van der Waals surface area (Å²) in [6.45, 7) is 6.27. The second kappa shape index (κ2) is 6.26. The van der Waals surface area contributed by atoms with Crippen LogP contribution in [0.15, 0.2) is 30.4 Å². The molecule has 0 saturated carbocycles. The molecule has 1 heterocycles. The Bertz CT molecular complexity index is 639. The van der Waals surface area contributed by atoms with Gasteiger partial charge in [0.15, 0.2) is 17.3 Å². The van der Waals surface area contributed by atoms with Gasteiger partial charge < -0.3 is 14.2 Å². The maximum Gasteiger partial charge on any atom is 0.164 e. The Morgan fingerprint density at radius 3 is 2.45 bits per heavy atom. The second-order valence-corrected chi connectivity index (χ2v) is 6.02. The normalized spacial score (nSPS) is 16.3. The highest BCUT2D eigenvalue weighted by Gasteiger charge is 2.24. The fourth-order valence-corrected chi connectivity index (χ4v) is 2.35. The van der Waals surface area contributed by atoms with Gasteiger partial charge in [0.1, 0.15) is 5.75 Å². The van der Waals surface area contributed by atoms with Gasteiger partial charge in [-0.2, -0.15) is 0 Å². The number of methoxy groups -OCH3 is 2. The molecule has 0 atom stereocenters. The van der Waals surface area contributed by atoms with E-state index in [2.05, 4.69) is 19.9 Å². The molecule has 1 aromatic carbocycles. The van der Waals surface area contributed by atoms with Gasteiger partial charge in [0.05, 0.1) is 20.8 Å². The van der Waals surface area contributed by atoms with E-state index >= 15 is 0 Å². The predicted octanol–water partition coefficient (Wildman–Crippen LogP) is 3.65. The van der Waals surface area contributed by atoms with Gasteiger partial charge in [0, 0.05) is 17.0 Å². The Balaban J connectivity index is 2.60. The number of hydrogen-bond acceptors (Lipinski definition) is 4. The molecule has 0 saturated heterocycles. The van der Waals surface area contributed by atoms with Gasteiger partial charge in [-0.15, -0.1) is 0 Å². The lowest BCUT2D eigenvalue weighted by molar-refractivity contribution is -0.112. The van der Waals surface area contributed by atoms with Crippen LogP contribution in [0, 0.1) is 5.41 Å². The number of ketones is 1. The minimum absolute atomic E-state index is 0.00546. The number of allylic oxidation sites excluding steroid dienone is 3. The molecule has 22 heavy (non-hydrogen) atoms. The predicted molar refractivity (Wildman–Crippen MR) is 86.6 cm³/mol. The third-order valence-electron chi connectivity index (χ3n) is 3.44. The molecule has 118 valence electrons. The smallest absolute Gasteiger partial charge is 0.164 e. The summed E-state index contributed by atoms with van der Waals surface area (Å²) in [5.74, 6) is 1.98. The van der Waals surface area contributed by atoms with Gasteiger partial charge in [-0.05, 0) is 24.6 Å².